The predicted molar refractivity (Wildman–Crippen MR) is 114 cm³/mol. The van der Waals surface area contributed by atoms with Crippen molar-refractivity contribution in [1.82, 2.24) is 15.3 Å². The fourth-order valence-electron chi connectivity index (χ4n) is 3.25. The lowest BCUT2D eigenvalue weighted by Crippen LogP contribution is -2.38. The first kappa shape index (κ1) is 24.2. The van der Waals surface area contributed by atoms with E-state index in [-0.39, 0.29) is 18.3 Å². The van der Waals surface area contributed by atoms with E-state index in [0.717, 1.165) is 17.7 Å². The highest BCUT2D eigenvalue weighted by atomic mass is 19.4. The number of alkyl halides is 3. The second kappa shape index (κ2) is 9.99. The van der Waals surface area contributed by atoms with Crippen LogP contribution in [0.1, 0.15) is 53.8 Å². The first-order chi connectivity index (χ1) is 15.5. The van der Waals surface area contributed by atoms with E-state index in [9.17, 15) is 22.8 Å². The Morgan fingerprint density at radius 2 is 1.91 bits per heavy atom. The fourth-order valence-corrected chi connectivity index (χ4v) is 3.25. The number of ether oxygens (including phenoxy) is 1. The number of nitrogens with one attached hydrogen (secondary N) is 1. The van der Waals surface area contributed by atoms with Gasteiger partial charge in [-0.2, -0.15) is 13.2 Å². The van der Waals surface area contributed by atoms with Gasteiger partial charge in [-0.1, -0.05) is 6.08 Å². The highest BCUT2D eigenvalue weighted by Gasteiger charge is 2.30. The summed E-state index contributed by atoms with van der Waals surface area (Å²) in [6, 6.07) is 5.43. The normalized spacial score (nSPS) is 17.2. The molecule has 2 atom stereocenters. The average Bonchev–Trinajstić information content (AvgIpc) is 2.77. The van der Waals surface area contributed by atoms with Gasteiger partial charge < -0.3 is 21.5 Å². The van der Waals surface area contributed by atoms with Gasteiger partial charge in [-0.15, -0.1) is 0 Å². The summed E-state index contributed by atoms with van der Waals surface area (Å²) in [5.41, 5.74) is 11.2. The summed E-state index contributed by atoms with van der Waals surface area (Å²) in [4.78, 5) is 31.6. The molecule has 8 nitrogen and oxygen atoms in total. The standard InChI is InChI=1S/C22H24F3N5O3/c1-12(19(26)31)28-11-15-10-18(20(27)32)30-21(29-15)13-2-6-16(7-3-13)33-17-8-4-14(5-9-17)22(23,24)25/h2,4-5,8-10,12,16,28H,3,6-7,11H2,1H3,(H2,26,31)(H2,27,32)/t12-,16?/m0/s1. The first-order valence-corrected chi connectivity index (χ1v) is 10.3. The Balaban J connectivity index is 1.70. The van der Waals surface area contributed by atoms with Gasteiger partial charge in [0, 0.05) is 13.0 Å². The van der Waals surface area contributed by atoms with Crippen molar-refractivity contribution in [3.05, 3.63) is 59.2 Å². The molecule has 0 radical (unpaired) electrons. The third kappa shape index (κ3) is 6.51. The summed E-state index contributed by atoms with van der Waals surface area (Å²) in [6.07, 6.45) is -1.12. The molecule has 33 heavy (non-hydrogen) atoms. The molecule has 0 bridgehead atoms. The number of allylic oxidation sites excluding steroid dienone is 1. The van der Waals surface area contributed by atoms with Crippen molar-refractivity contribution in [2.45, 2.75) is 51.1 Å². The third-order valence-corrected chi connectivity index (χ3v) is 5.18. The second-order valence-electron chi connectivity index (χ2n) is 7.70. The Bertz CT molecular complexity index is 1050. The molecule has 1 aliphatic rings. The zero-order valence-corrected chi connectivity index (χ0v) is 17.9. The molecule has 5 N–H and O–H groups in total. The number of carbonyl (C=O) groups is 2. The summed E-state index contributed by atoms with van der Waals surface area (Å²) in [5, 5.41) is 2.92. The monoisotopic (exact) mass is 463 g/mol. The van der Waals surface area contributed by atoms with E-state index in [1.807, 2.05) is 6.08 Å². The molecule has 0 spiro atoms. The molecule has 0 aliphatic heterocycles. The van der Waals surface area contributed by atoms with Crippen LogP contribution in [0.15, 0.2) is 36.4 Å². The minimum absolute atomic E-state index is 0.0487. The van der Waals surface area contributed by atoms with Crippen LogP contribution in [0.2, 0.25) is 0 Å². The van der Waals surface area contributed by atoms with Gasteiger partial charge >= 0.3 is 6.18 Å². The summed E-state index contributed by atoms with van der Waals surface area (Å²) < 4.78 is 43.9. The van der Waals surface area contributed by atoms with Gasteiger partial charge in [0.15, 0.2) is 5.82 Å². The molecule has 2 amide bonds. The molecule has 2 aromatic rings. The maximum atomic E-state index is 12.7. The van der Waals surface area contributed by atoms with Crippen LogP contribution in [0.5, 0.6) is 5.75 Å². The number of halogens is 3. The van der Waals surface area contributed by atoms with Gasteiger partial charge in [0.1, 0.15) is 17.5 Å². The average molecular weight is 463 g/mol. The van der Waals surface area contributed by atoms with Crippen molar-refractivity contribution in [3.8, 4) is 5.75 Å². The van der Waals surface area contributed by atoms with Crippen LogP contribution in [0, 0.1) is 0 Å². The van der Waals surface area contributed by atoms with Crippen molar-refractivity contribution in [3.63, 3.8) is 0 Å². The van der Waals surface area contributed by atoms with E-state index in [4.69, 9.17) is 16.2 Å². The maximum absolute atomic E-state index is 12.7. The molecule has 1 aromatic carbocycles. The maximum Gasteiger partial charge on any atom is 0.416 e. The third-order valence-electron chi connectivity index (χ3n) is 5.18. The number of amides is 2. The van der Waals surface area contributed by atoms with E-state index < -0.39 is 29.6 Å². The number of benzene rings is 1. The number of aromatic nitrogens is 2. The highest BCUT2D eigenvalue weighted by Crippen LogP contribution is 2.32. The van der Waals surface area contributed by atoms with E-state index in [0.29, 0.717) is 36.5 Å². The van der Waals surface area contributed by atoms with Crippen molar-refractivity contribution < 1.29 is 27.5 Å². The van der Waals surface area contributed by atoms with Crippen molar-refractivity contribution in [2.75, 3.05) is 0 Å². The van der Waals surface area contributed by atoms with E-state index in [1.54, 1.807) is 6.92 Å². The number of hydrogen-bond acceptors (Lipinski definition) is 6. The van der Waals surface area contributed by atoms with Crippen molar-refractivity contribution >= 4 is 17.4 Å². The molecule has 3 rings (SSSR count). The lowest BCUT2D eigenvalue weighted by Gasteiger charge is -2.23. The quantitative estimate of drug-likeness (QED) is 0.551. The predicted octanol–water partition coefficient (Wildman–Crippen LogP) is 2.57. The molecule has 11 heteroatoms. The van der Waals surface area contributed by atoms with Gasteiger partial charge in [-0.25, -0.2) is 9.97 Å². The Morgan fingerprint density at radius 1 is 1.21 bits per heavy atom. The minimum Gasteiger partial charge on any atom is -0.490 e. The van der Waals surface area contributed by atoms with Crippen molar-refractivity contribution in [2.24, 2.45) is 11.5 Å². The van der Waals surface area contributed by atoms with E-state index in [2.05, 4.69) is 15.3 Å². The lowest BCUT2D eigenvalue weighted by atomic mass is 9.96. The summed E-state index contributed by atoms with van der Waals surface area (Å²) >= 11 is 0. The molecule has 1 aliphatic carbocycles. The molecule has 0 saturated heterocycles. The number of carbonyl (C=O) groups excluding carboxylic acids is 2. The molecule has 0 saturated carbocycles. The summed E-state index contributed by atoms with van der Waals surface area (Å²) in [7, 11) is 0. The van der Waals surface area contributed by atoms with Gasteiger partial charge in [0.25, 0.3) is 5.91 Å². The Labute approximate surface area is 188 Å². The van der Waals surface area contributed by atoms with Crippen LogP contribution >= 0.6 is 0 Å². The first-order valence-electron chi connectivity index (χ1n) is 10.3. The Morgan fingerprint density at radius 3 is 2.45 bits per heavy atom. The number of hydrogen-bond donors (Lipinski definition) is 3. The van der Waals surface area contributed by atoms with Gasteiger partial charge in [-0.05, 0) is 55.7 Å². The highest BCUT2D eigenvalue weighted by molar-refractivity contribution is 5.91. The largest absolute Gasteiger partial charge is 0.490 e. The van der Waals surface area contributed by atoms with Gasteiger partial charge in [0.2, 0.25) is 5.91 Å². The second-order valence-corrected chi connectivity index (χ2v) is 7.70. The fraction of sp³-hybridized carbons (Fsp3) is 0.364. The zero-order chi connectivity index (χ0) is 24.2. The number of nitrogens with zero attached hydrogens (tertiary/aromatic N) is 2. The van der Waals surface area contributed by atoms with Crippen LogP contribution in [0.4, 0.5) is 13.2 Å². The molecule has 1 unspecified atom stereocenters. The van der Waals surface area contributed by atoms with E-state index in [1.165, 1.54) is 18.2 Å². The Hall–Kier alpha value is -3.47. The number of primary amides is 2. The number of nitrogens with two attached hydrogens (primary N) is 2. The van der Waals surface area contributed by atoms with E-state index >= 15 is 0 Å². The summed E-state index contributed by atoms with van der Waals surface area (Å²) in [6.45, 7) is 1.80. The van der Waals surface area contributed by atoms with Crippen LogP contribution in [0.3, 0.4) is 0 Å². The SMILES string of the molecule is C[C@H](NCc1cc(C(N)=O)nc(C2=CCC(Oc3ccc(C(F)(F)F)cc3)CC2)n1)C(N)=O. The molecule has 1 heterocycles. The topological polar surface area (TPSA) is 133 Å². The lowest BCUT2D eigenvalue weighted by molar-refractivity contribution is -0.137. The van der Waals surface area contributed by atoms with Crippen molar-refractivity contribution in [1.29, 1.82) is 0 Å². The number of rotatable bonds is 8. The molecular weight excluding hydrogens is 439 g/mol. The molecule has 1 aromatic heterocycles. The molecular formula is C22H24F3N5O3. The zero-order valence-electron chi connectivity index (χ0n) is 17.9. The molecule has 176 valence electrons. The summed E-state index contributed by atoms with van der Waals surface area (Å²) in [5.74, 6) is -0.521. The van der Waals surface area contributed by atoms with Crippen LogP contribution in [0.25, 0.3) is 5.57 Å². The van der Waals surface area contributed by atoms with Gasteiger partial charge in [-0.3, -0.25) is 9.59 Å². The minimum atomic E-state index is -4.40. The van der Waals surface area contributed by atoms with Crippen LogP contribution in [-0.4, -0.2) is 33.9 Å². The van der Waals surface area contributed by atoms with Crippen LogP contribution < -0.4 is 21.5 Å². The smallest absolute Gasteiger partial charge is 0.416 e. The Kier molecular flexibility index (Phi) is 7.32. The van der Waals surface area contributed by atoms with Crippen LogP contribution in [-0.2, 0) is 17.5 Å². The van der Waals surface area contributed by atoms with Gasteiger partial charge in [0.05, 0.1) is 17.3 Å². The molecule has 0 fully saturated rings.